The molecule has 1 fully saturated rings. The molecular weight excluding hydrogens is 444 g/mol. The molecule has 1 unspecified atom stereocenters. The number of rotatable bonds is 7. The summed E-state index contributed by atoms with van der Waals surface area (Å²) in [7, 11) is 4.02. The Morgan fingerprint density at radius 1 is 1.14 bits per heavy atom. The van der Waals surface area contributed by atoms with E-state index in [4.69, 9.17) is 14.7 Å². The molecule has 1 saturated heterocycles. The number of piperazine rings is 1. The zero-order valence-corrected chi connectivity index (χ0v) is 20.4. The zero-order chi connectivity index (χ0) is 24.4. The quantitative estimate of drug-likeness (QED) is 0.468. The number of aromatic hydroxyl groups is 1. The second kappa shape index (κ2) is 10.2. The van der Waals surface area contributed by atoms with Gasteiger partial charge in [0.15, 0.2) is 0 Å². The predicted molar refractivity (Wildman–Crippen MR) is 138 cm³/mol. The molecule has 5 rings (SSSR count). The number of benzene rings is 2. The van der Waals surface area contributed by atoms with E-state index in [2.05, 4.69) is 26.1 Å². The molecule has 9 heteroatoms. The molecule has 2 aromatic carbocycles. The van der Waals surface area contributed by atoms with Gasteiger partial charge in [-0.2, -0.15) is 9.97 Å². The standard InChI is InChI=1S/C26H34N6O3/c1-30(2)11-12-35-26-28-23-16-31(24-14-20(34)13-18-5-3-4-6-21(18)24)9-7-22(23)25(29-26)32-10-8-27-19(15-32)17-33/h3-6,13-14,19,27,33-34H,7-12,15-17H2,1-2H3. The molecule has 2 aliphatic heterocycles. The van der Waals surface area contributed by atoms with E-state index in [0.717, 1.165) is 66.1 Å². The highest BCUT2D eigenvalue weighted by Crippen LogP contribution is 2.36. The van der Waals surface area contributed by atoms with Crippen molar-refractivity contribution in [3.63, 3.8) is 0 Å². The second-order valence-corrected chi connectivity index (χ2v) is 9.54. The van der Waals surface area contributed by atoms with Gasteiger partial charge in [0.1, 0.15) is 18.2 Å². The van der Waals surface area contributed by atoms with E-state index in [0.29, 0.717) is 25.7 Å². The lowest BCUT2D eigenvalue weighted by molar-refractivity contribution is 0.234. The van der Waals surface area contributed by atoms with Crippen LogP contribution in [0.1, 0.15) is 11.3 Å². The van der Waals surface area contributed by atoms with Crippen LogP contribution < -0.4 is 19.9 Å². The summed E-state index contributed by atoms with van der Waals surface area (Å²) < 4.78 is 5.98. The predicted octanol–water partition coefficient (Wildman–Crippen LogP) is 1.61. The molecule has 0 spiro atoms. The van der Waals surface area contributed by atoms with Gasteiger partial charge in [0.05, 0.1) is 18.8 Å². The number of hydrogen-bond acceptors (Lipinski definition) is 9. The van der Waals surface area contributed by atoms with Crippen LogP contribution in [0.15, 0.2) is 36.4 Å². The number of aromatic nitrogens is 2. The number of nitrogens with zero attached hydrogens (tertiary/aromatic N) is 5. The molecule has 3 aromatic rings. The van der Waals surface area contributed by atoms with Crippen molar-refractivity contribution in [2.45, 2.75) is 19.0 Å². The van der Waals surface area contributed by atoms with Gasteiger partial charge in [0.25, 0.3) is 0 Å². The van der Waals surface area contributed by atoms with Gasteiger partial charge in [-0.25, -0.2) is 0 Å². The summed E-state index contributed by atoms with van der Waals surface area (Å²) in [5, 5.41) is 25.6. The first-order valence-electron chi connectivity index (χ1n) is 12.2. The van der Waals surface area contributed by atoms with E-state index in [1.165, 1.54) is 0 Å². The summed E-state index contributed by atoms with van der Waals surface area (Å²) >= 11 is 0. The number of phenolic OH excluding ortho intramolecular Hbond substituents is 1. The van der Waals surface area contributed by atoms with Gasteiger partial charge in [0, 0.05) is 61.5 Å². The van der Waals surface area contributed by atoms with E-state index in [9.17, 15) is 10.2 Å². The molecule has 0 bridgehead atoms. The lowest BCUT2D eigenvalue weighted by atomic mass is 10.0. The fraction of sp³-hybridized carbons (Fsp3) is 0.462. The Kier molecular flexibility index (Phi) is 6.90. The highest BCUT2D eigenvalue weighted by atomic mass is 16.5. The maximum atomic E-state index is 10.4. The summed E-state index contributed by atoms with van der Waals surface area (Å²) in [4.78, 5) is 16.3. The Hall–Kier alpha value is -3.14. The van der Waals surface area contributed by atoms with Gasteiger partial charge in [-0.05, 0) is 32.0 Å². The second-order valence-electron chi connectivity index (χ2n) is 9.54. The molecule has 9 nitrogen and oxygen atoms in total. The maximum absolute atomic E-state index is 10.4. The molecule has 0 saturated carbocycles. The van der Waals surface area contributed by atoms with Gasteiger partial charge in [0.2, 0.25) is 0 Å². The van der Waals surface area contributed by atoms with Gasteiger partial charge in [-0.1, -0.05) is 24.3 Å². The summed E-state index contributed by atoms with van der Waals surface area (Å²) in [6.07, 6.45) is 0.792. The van der Waals surface area contributed by atoms with E-state index < -0.39 is 0 Å². The summed E-state index contributed by atoms with van der Waals surface area (Å²) in [5.74, 6) is 1.17. The average Bonchev–Trinajstić information content (AvgIpc) is 2.87. The fourth-order valence-electron chi connectivity index (χ4n) is 4.92. The number of ether oxygens (including phenoxy) is 1. The Bertz CT molecular complexity index is 1190. The van der Waals surface area contributed by atoms with E-state index >= 15 is 0 Å². The first-order chi connectivity index (χ1) is 17.0. The first kappa shape index (κ1) is 23.6. The summed E-state index contributed by atoms with van der Waals surface area (Å²) in [6.45, 7) is 5.09. The Labute approximate surface area is 206 Å². The van der Waals surface area contributed by atoms with Crippen LogP contribution in [0.2, 0.25) is 0 Å². The largest absolute Gasteiger partial charge is 0.508 e. The molecule has 0 aliphatic carbocycles. The van der Waals surface area contributed by atoms with Crippen molar-refractivity contribution in [2.24, 2.45) is 0 Å². The van der Waals surface area contributed by atoms with Crippen molar-refractivity contribution in [1.29, 1.82) is 0 Å². The molecule has 0 amide bonds. The van der Waals surface area contributed by atoms with Crippen molar-refractivity contribution in [3.8, 4) is 11.8 Å². The summed E-state index contributed by atoms with van der Waals surface area (Å²) in [6, 6.07) is 12.2. The Balaban J connectivity index is 1.49. The van der Waals surface area contributed by atoms with Gasteiger partial charge >= 0.3 is 6.01 Å². The SMILES string of the molecule is CN(C)CCOc1nc2c(c(N3CCNC(CO)C3)n1)CCN(c1cc(O)cc3ccccc13)C2. The Morgan fingerprint density at radius 2 is 2.00 bits per heavy atom. The number of phenols is 1. The first-order valence-corrected chi connectivity index (χ1v) is 12.2. The molecule has 0 radical (unpaired) electrons. The van der Waals surface area contributed by atoms with Crippen LogP contribution in [-0.4, -0.2) is 91.2 Å². The van der Waals surface area contributed by atoms with Crippen LogP contribution in [0.25, 0.3) is 10.8 Å². The third kappa shape index (κ3) is 5.12. The van der Waals surface area contributed by atoms with Crippen LogP contribution in [0.3, 0.4) is 0 Å². The number of anilines is 2. The van der Waals surface area contributed by atoms with E-state index in [1.54, 1.807) is 6.07 Å². The van der Waals surface area contributed by atoms with Gasteiger partial charge in [-0.3, -0.25) is 0 Å². The normalized spacial score (nSPS) is 18.2. The number of hydrogen-bond donors (Lipinski definition) is 3. The van der Waals surface area contributed by atoms with Gasteiger partial charge < -0.3 is 35.0 Å². The van der Waals surface area contributed by atoms with Crippen LogP contribution in [0.5, 0.6) is 11.8 Å². The zero-order valence-electron chi connectivity index (χ0n) is 20.4. The molecule has 2 aliphatic rings. The lowest BCUT2D eigenvalue weighted by Crippen LogP contribution is -2.53. The van der Waals surface area contributed by atoms with Crippen molar-refractivity contribution >= 4 is 22.3 Å². The van der Waals surface area contributed by atoms with Crippen LogP contribution >= 0.6 is 0 Å². The van der Waals surface area contributed by atoms with Crippen LogP contribution in [0.4, 0.5) is 11.5 Å². The molecule has 3 heterocycles. The minimum Gasteiger partial charge on any atom is -0.508 e. The molecule has 35 heavy (non-hydrogen) atoms. The van der Waals surface area contributed by atoms with Gasteiger partial charge in [-0.15, -0.1) is 0 Å². The Morgan fingerprint density at radius 3 is 2.83 bits per heavy atom. The monoisotopic (exact) mass is 478 g/mol. The van der Waals surface area contributed by atoms with E-state index in [1.807, 2.05) is 38.4 Å². The molecule has 186 valence electrons. The molecule has 3 N–H and O–H groups in total. The van der Waals surface area contributed by atoms with Crippen molar-refractivity contribution in [2.75, 3.05) is 69.8 Å². The minimum absolute atomic E-state index is 0.0197. The summed E-state index contributed by atoms with van der Waals surface area (Å²) in [5.41, 5.74) is 3.10. The number of nitrogens with one attached hydrogen (secondary N) is 1. The molecule has 1 atom stereocenters. The van der Waals surface area contributed by atoms with Crippen molar-refractivity contribution in [1.82, 2.24) is 20.2 Å². The highest BCUT2D eigenvalue weighted by molar-refractivity contribution is 5.95. The molecular formula is C26H34N6O3. The van der Waals surface area contributed by atoms with Crippen LogP contribution in [-0.2, 0) is 13.0 Å². The third-order valence-electron chi connectivity index (χ3n) is 6.73. The molecule has 1 aromatic heterocycles. The number of likely N-dealkylation sites (N-methyl/N-ethyl adjacent to an activating group) is 1. The number of aliphatic hydroxyl groups is 1. The number of aliphatic hydroxyl groups excluding tert-OH is 1. The average molecular weight is 479 g/mol. The highest BCUT2D eigenvalue weighted by Gasteiger charge is 2.29. The lowest BCUT2D eigenvalue weighted by Gasteiger charge is -2.37. The van der Waals surface area contributed by atoms with E-state index in [-0.39, 0.29) is 18.4 Å². The third-order valence-corrected chi connectivity index (χ3v) is 6.73. The maximum Gasteiger partial charge on any atom is 0.318 e. The van der Waals surface area contributed by atoms with Crippen molar-refractivity contribution in [3.05, 3.63) is 47.7 Å². The van der Waals surface area contributed by atoms with Crippen LogP contribution in [0, 0.1) is 0 Å². The fourth-order valence-corrected chi connectivity index (χ4v) is 4.92. The topological polar surface area (TPSA) is 97.2 Å². The van der Waals surface area contributed by atoms with Crippen molar-refractivity contribution < 1.29 is 14.9 Å². The smallest absolute Gasteiger partial charge is 0.318 e. The minimum atomic E-state index is 0.0197. The number of fused-ring (bicyclic) bond motifs is 2.